The molecule has 0 bridgehead atoms. The molecule has 0 heterocycles. The summed E-state index contributed by atoms with van der Waals surface area (Å²) in [7, 11) is 0. The van der Waals surface area contributed by atoms with Gasteiger partial charge in [0.15, 0.2) is 6.10 Å². The zero-order valence-corrected chi connectivity index (χ0v) is 12.1. The molecule has 0 spiro atoms. The molecule has 0 radical (unpaired) electrons. The Bertz CT molecular complexity index is 625. The molecule has 21 heavy (non-hydrogen) atoms. The number of hydrogen-bond donors (Lipinski definition) is 1. The van der Waals surface area contributed by atoms with Crippen molar-refractivity contribution in [2.75, 3.05) is 0 Å². The van der Waals surface area contributed by atoms with Crippen molar-refractivity contribution in [3.8, 4) is 11.5 Å². The highest BCUT2D eigenvalue weighted by atomic mass is 16.5. The minimum absolute atomic E-state index is 0.118. The van der Waals surface area contributed by atoms with Crippen LogP contribution >= 0.6 is 0 Å². The van der Waals surface area contributed by atoms with Crippen LogP contribution in [0.4, 0.5) is 0 Å². The number of carbonyl (C=O) groups is 1. The summed E-state index contributed by atoms with van der Waals surface area (Å²) in [5, 5.41) is 9.23. The summed E-state index contributed by atoms with van der Waals surface area (Å²) in [5.74, 6) is 0.676. The van der Waals surface area contributed by atoms with Gasteiger partial charge in [0, 0.05) is 5.56 Å². The number of rotatable bonds is 5. The van der Waals surface area contributed by atoms with Crippen molar-refractivity contribution in [1.82, 2.24) is 0 Å². The second-order valence-corrected chi connectivity index (χ2v) is 4.74. The van der Waals surface area contributed by atoms with Gasteiger partial charge >= 0.3 is 0 Å². The Morgan fingerprint density at radius 1 is 1.10 bits per heavy atom. The van der Waals surface area contributed by atoms with Crippen molar-refractivity contribution in [2.24, 2.45) is 0 Å². The van der Waals surface area contributed by atoms with E-state index in [9.17, 15) is 9.90 Å². The van der Waals surface area contributed by atoms with E-state index >= 15 is 0 Å². The number of hydrogen-bond acceptors (Lipinski definition) is 3. The summed E-state index contributed by atoms with van der Waals surface area (Å²) in [4.78, 5) is 12.2. The van der Waals surface area contributed by atoms with Crippen LogP contribution in [-0.2, 0) is 0 Å². The molecule has 0 aliphatic rings. The van der Waals surface area contributed by atoms with Crippen molar-refractivity contribution >= 4 is 11.9 Å². The molecular formula is C18H18O3. The van der Waals surface area contributed by atoms with E-state index in [2.05, 4.69) is 0 Å². The highest BCUT2D eigenvalue weighted by molar-refractivity contribution is 5.99. The summed E-state index contributed by atoms with van der Waals surface area (Å²) in [6.45, 7) is 3.68. The molecule has 0 amide bonds. The number of ether oxygens (including phenoxy) is 1. The van der Waals surface area contributed by atoms with Gasteiger partial charge in [0.2, 0.25) is 5.78 Å². The van der Waals surface area contributed by atoms with Gasteiger partial charge in [0.25, 0.3) is 0 Å². The second-order valence-electron chi connectivity index (χ2n) is 4.74. The second kappa shape index (κ2) is 6.75. The lowest BCUT2D eigenvalue weighted by atomic mass is 10.1. The summed E-state index contributed by atoms with van der Waals surface area (Å²) >= 11 is 0. The number of aromatic hydroxyl groups is 1. The summed E-state index contributed by atoms with van der Waals surface area (Å²) in [5.41, 5.74) is 1.60. The van der Waals surface area contributed by atoms with Gasteiger partial charge < -0.3 is 9.84 Å². The Morgan fingerprint density at radius 2 is 1.71 bits per heavy atom. The molecule has 3 heteroatoms. The minimum Gasteiger partial charge on any atom is -0.508 e. The van der Waals surface area contributed by atoms with Crippen LogP contribution in [0.5, 0.6) is 11.5 Å². The summed E-state index contributed by atoms with van der Waals surface area (Å²) in [6, 6.07) is 13.7. The molecular weight excluding hydrogens is 264 g/mol. The first-order chi connectivity index (χ1) is 10.1. The van der Waals surface area contributed by atoms with Crippen LogP contribution in [-0.4, -0.2) is 17.0 Å². The van der Waals surface area contributed by atoms with Gasteiger partial charge in [0.05, 0.1) is 0 Å². The quantitative estimate of drug-likeness (QED) is 0.841. The summed E-state index contributed by atoms with van der Waals surface area (Å²) < 4.78 is 5.66. The normalized spacial score (nSPS) is 12.3. The lowest BCUT2D eigenvalue weighted by molar-refractivity contribution is 0.0818. The van der Waals surface area contributed by atoms with E-state index in [0.717, 1.165) is 5.56 Å². The molecule has 0 saturated carbocycles. The maximum absolute atomic E-state index is 12.2. The third kappa shape index (κ3) is 3.96. The molecule has 0 aliphatic heterocycles. The first-order valence-corrected chi connectivity index (χ1v) is 6.83. The maximum Gasteiger partial charge on any atom is 0.202 e. The van der Waals surface area contributed by atoms with Crippen molar-refractivity contribution in [2.45, 2.75) is 20.0 Å². The maximum atomic E-state index is 12.2. The van der Waals surface area contributed by atoms with Crippen LogP contribution in [0.3, 0.4) is 0 Å². The molecule has 3 nitrogen and oxygen atoms in total. The van der Waals surface area contributed by atoms with Crippen molar-refractivity contribution in [3.05, 3.63) is 65.7 Å². The SMILES string of the molecule is C/C=C/c1ccc(O[C@@H](C)C(=O)c2ccc(O)cc2)cc1. The predicted octanol–water partition coefficient (Wildman–Crippen LogP) is 4.08. The van der Waals surface area contributed by atoms with Crippen LogP contribution in [0.15, 0.2) is 54.6 Å². The van der Waals surface area contributed by atoms with Crippen molar-refractivity contribution in [1.29, 1.82) is 0 Å². The number of Topliss-reactive ketones (excluding diaryl/α,β-unsaturated/α-hetero) is 1. The lowest BCUT2D eigenvalue weighted by Gasteiger charge is -2.14. The largest absolute Gasteiger partial charge is 0.508 e. The highest BCUT2D eigenvalue weighted by Gasteiger charge is 2.16. The Morgan fingerprint density at radius 3 is 2.29 bits per heavy atom. The molecule has 2 aromatic rings. The van der Waals surface area contributed by atoms with Gasteiger partial charge in [0.1, 0.15) is 11.5 Å². The molecule has 0 aromatic heterocycles. The molecule has 1 N–H and O–H groups in total. The Hall–Kier alpha value is -2.55. The van der Waals surface area contributed by atoms with Gasteiger partial charge in [-0.25, -0.2) is 0 Å². The van der Waals surface area contributed by atoms with Crippen LogP contribution in [0.25, 0.3) is 6.08 Å². The molecule has 0 aliphatic carbocycles. The molecule has 2 rings (SSSR count). The summed E-state index contributed by atoms with van der Waals surface area (Å²) in [6.07, 6.45) is 3.38. The standard InChI is InChI=1S/C18H18O3/c1-3-4-14-5-11-17(12-6-14)21-13(2)18(20)15-7-9-16(19)10-8-15/h3-13,19H,1-2H3/b4-3+/t13-/m0/s1. The van der Waals surface area contributed by atoms with E-state index in [0.29, 0.717) is 11.3 Å². The van der Waals surface area contributed by atoms with Crippen LogP contribution < -0.4 is 4.74 Å². The predicted molar refractivity (Wildman–Crippen MR) is 83.7 cm³/mol. The fraction of sp³-hybridized carbons (Fsp3) is 0.167. The first-order valence-electron chi connectivity index (χ1n) is 6.83. The average molecular weight is 282 g/mol. The van der Waals surface area contributed by atoms with Crippen molar-refractivity contribution in [3.63, 3.8) is 0 Å². The number of ketones is 1. The number of phenolic OH excluding ortho intramolecular Hbond substituents is 1. The van der Waals surface area contributed by atoms with E-state index in [1.807, 2.05) is 43.3 Å². The third-order valence-electron chi connectivity index (χ3n) is 3.07. The number of phenols is 1. The van der Waals surface area contributed by atoms with Gasteiger partial charge in [-0.05, 0) is 55.8 Å². The van der Waals surface area contributed by atoms with E-state index in [-0.39, 0.29) is 11.5 Å². The average Bonchev–Trinajstić information content (AvgIpc) is 2.49. The zero-order chi connectivity index (χ0) is 15.2. The fourth-order valence-electron chi connectivity index (χ4n) is 1.97. The number of carbonyl (C=O) groups excluding carboxylic acids is 1. The van der Waals surface area contributed by atoms with Crippen LogP contribution in [0, 0.1) is 0 Å². The minimum atomic E-state index is -0.581. The number of allylic oxidation sites excluding steroid dienone is 1. The first kappa shape index (κ1) is 14.9. The fourth-order valence-corrected chi connectivity index (χ4v) is 1.97. The Labute approximate surface area is 124 Å². The molecule has 2 aromatic carbocycles. The molecule has 0 fully saturated rings. The van der Waals surface area contributed by atoms with Gasteiger partial charge in [-0.3, -0.25) is 4.79 Å². The Balaban J connectivity index is 2.04. The van der Waals surface area contributed by atoms with Gasteiger partial charge in [-0.1, -0.05) is 24.3 Å². The molecule has 1 atom stereocenters. The van der Waals surface area contributed by atoms with E-state index in [1.54, 1.807) is 19.1 Å². The monoisotopic (exact) mass is 282 g/mol. The van der Waals surface area contributed by atoms with E-state index in [4.69, 9.17) is 4.74 Å². The molecule has 0 unspecified atom stereocenters. The third-order valence-corrected chi connectivity index (χ3v) is 3.07. The highest BCUT2D eigenvalue weighted by Crippen LogP contribution is 2.17. The van der Waals surface area contributed by atoms with E-state index < -0.39 is 6.10 Å². The lowest BCUT2D eigenvalue weighted by Crippen LogP contribution is -2.23. The number of benzene rings is 2. The zero-order valence-electron chi connectivity index (χ0n) is 12.1. The topological polar surface area (TPSA) is 46.5 Å². The van der Waals surface area contributed by atoms with Crippen LogP contribution in [0.1, 0.15) is 29.8 Å². The smallest absolute Gasteiger partial charge is 0.202 e. The van der Waals surface area contributed by atoms with Crippen LogP contribution in [0.2, 0.25) is 0 Å². The van der Waals surface area contributed by atoms with Gasteiger partial charge in [-0.2, -0.15) is 0 Å². The Kier molecular flexibility index (Phi) is 4.77. The van der Waals surface area contributed by atoms with E-state index in [1.165, 1.54) is 12.1 Å². The van der Waals surface area contributed by atoms with Crippen molar-refractivity contribution < 1.29 is 14.6 Å². The molecule has 0 saturated heterocycles. The molecule has 108 valence electrons. The van der Waals surface area contributed by atoms with Gasteiger partial charge in [-0.15, -0.1) is 0 Å².